The van der Waals surface area contributed by atoms with Gasteiger partial charge in [-0.1, -0.05) is 48.5 Å². The lowest BCUT2D eigenvalue weighted by Crippen LogP contribution is -2.00. The smallest absolute Gasteiger partial charge is 0.216 e. The van der Waals surface area contributed by atoms with E-state index in [4.69, 9.17) is 21.7 Å². The SMILES string of the molecule is COc1cc(/C=N\n2c(-c3ccccc3)n[nH]c2=S)ccc1OCc1ccccc1F. The molecule has 156 valence electrons. The van der Waals surface area contributed by atoms with Gasteiger partial charge in [0.2, 0.25) is 4.77 Å². The molecular formula is C23H19FN4O2S. The van der Waals surface area contributed by atoms with E-state index in [1.165, 1.54) is 6.07 Å². The van der Waals surface area contributed by atoms with Gasteiger partial charge in [-0.25, -0.2) is 9.49 Å². The van der Waals surface area contributed by atoms with Crippen LogP contribution in [0.1, 0.15) is 11.1 Å². The van der Waals surface area contributed by atoms with E-state index in [1.807, 2.05) is 36.4 Å². The van der Waals surface area contributed by atoms with Crippen molar-refractivity contribution < 1.29 is 13.9 Å². The fourth-order valence-corrected chi connectivity index (χ4v) is 3.13. The molecule has 0 bridgehead atoms. The molecule has 31 heavy (non-hydrogen) atoms. The summed E-state index contributed by atoms with van der Waals surface area (Å²) in [6, 6.07) is 21.5. The molecule has 1 aromatic heterocycles. The Bertz CT molecular complexity index is 1270. The molecule has 1 heterocycles. The lowest BCUT2D eigenvalue weighted by molar-refractivity contribution is 0.279. The minimum Gasteiger partial charge on any atom is -0.493 e. The van der Waals surface area contributed by atoms with Crippen LogP contribution in [-0.4, -0.2) is 28.2 Å². The fourth-order valence-electron chi connectivity index (χ4n) is 2.95. The number of benzene rings is 3. The first-order valence-electron chi connectivity index (χ1n) is 9.47. The van der Waals surface area contributed by atoms with E-state index in [0.29, 0.717) is 27.7 Å². The monoisotopic (exact) mass is 434 g/mol. The van der Waals surface area contributed by atoms with Crippen LogP contribution in [-0.2, 0) is 6.61 Å². The maximum absolute atomic E-state index is 13.8. The quantitative estimate of drug-likeness (QED) is 0.320. The van der Waals surface area contributed by atoms with Gasteiger partial charge >= 0.3 is 0 Å². The number of rotatable bonds is 7. The molecule has 0 aliphatic heterocycles. The molecule has 0 amide bonds. The predicted molar refractivity (Wildman–Crippen MR) is 120 cm³/mol. The molecule has 3 aromatic carbocycles. The minimum atomic E-state index is -0.309. The lowest BCUT2D eigenvalue weighted by Gasteiger charge is -2.11. The van der Waals surface area contributed by atoms with Gasteiger partial charge in [0.1, 0.15) is 12.4 Å². The van der Waals surface area contributed by atoms with E-state index < -0.39 is 0 Å². The van der Waals surface area contributed by atoms with Gasteiger partial charge < -0.3 is 9.47 Å². The van der Waals surface area contributed by atoms with Crippen LogP contribution >= 0.6 is 12.2 Å². The molecule has 0 saturated heterocycles. The van der Waals surface area contributed by atoms with Crippen LogP contribution in [0.4, 0.5) is 4.39 Å². The van der Waals surface area contributed by atoms with Crippen molar-refractivity contribution in [3.8, 4) is 22.9 Å². The maximum atomic E-state index is 13.8. The highest BCUT2D eigenvalue weighted by atomic mass is 32.1. The minimum absolute atomic E-state index is 0.0983. The standard InChI is InChI=1S/C23H19FN4O2S/c1-29-21-13-16(11-12-20(21)30-15-18-9-5-6-10-19(18)24)14-25-28-22(26-27-23(28)31)17-7-3-2-4-8-17/h2-14H,15H2,1H3,(H,27,31)/b25-14-. The van der Waals surface area contributed by atoms with Gasteiger partial charge in [0.05, 0.1) is 13.3 Å². The number of ether oxygens (including phenoxy) is 2. The maximum Gasteiger partial charge on any atom is 0.216 e. The molecular weight excluding hydrogens is 415 g/mol. The average Bonchev–Trinajstić information content (AvgIpc) is 3.18. The number of aromatic nitrogens is 3. The third-order valence-electron chi connectivity index (χ3n) is 4.53. The van der Waals surface area contributed by atoms with E-state index in [-0.39, 0.29) is 12.4 Å². The van der Waals surface area contributed by atoms with Gasteiger partial charge in [0.15, 0.2) is 17.3 Å². The Balaban J connectivity index is 1.55. The van der Waals surface area contributed by atoms with Crippen molar-refractivity contribution in [3.63, 3.8) is 0 Å². The third kappa shape index (κ3) is 4.70. The van der Waals surface area contributed by atoms with Crippen molar-refractivity contribution in [3.05, 3.63) is 94.5 Å². The van der Waals surface area contributed by atoms with Crippen LogP contribution in [0.3, 0.4) is 0 Å². The largest absolute Gasteiger partial charge is 0.493 e. The topological polar surface area (TPSA) is 64.4 Å². The van der Waals surface area contributed by atoms with Gasteiger partial charge in [-0.05, 0) is 42.0 Å². The van der Waals surface area contributed by atoms with Crippen molar-refractivity contribution in [2.24, 2.45) is 5.10 Å². The van der Waals surface area contributed by atoms with Crippen LogP contribution in [0.15, 0.2) is 77.9 Å². The highest BCUT2D eigenvalue weighted by molar-refractivity contribution is 7.71. The second kappa shape index (κ2) is 9.36. The summed E-state index contributed by atoms with van der Waals surface area (Å²) in [5.41, 5.74) is 2.14. The molecule has 0 spiro atoms. The summed E-state index contributed by atoms with van der Waals surface area (Å²) in [6.45, 7) is 0.0983. The molecule has 0 aliphatic carbocycles. The lowest BCUT2D eigenvalue weighted by atomic mass is 10.2. The van der Waals surface area contributed by atoms with E-state index in [0.717, 1.165) is 11.1 Å². The first-order chi connectivity index (χ1) is 15.2. The summed E-state index contributed by atoms with van der Waals surface area (Å²) in [5.74, 6) is 1.32. The molecule has 4 rings (SSSR count). The van der Waals surface area contributed by atoms with Crippen molar-refractivity contribution in [2.75, 3.05) is 7.11 Å². The van der Waals surface area contributed by atoms with E-state index in [9.17, 15) is 4.39 Å². The van der Waals surface area contributed by atoms with Gasteiger partial charge in [0, 0.05) is 11.1 Å². The first kappa shape index (κ1) is 20.5. The number of nitrogens with zero attached hydrogens (tertiary/aromatic N) is 3. The Labute approximate surface area is 183 Å². The predicted octanol–water partition coefficient (Wildman–Crippen LogP) is 5.22. The highest BCUT2D eigenvalue weighted by Crippen LogP contribution is 2.28. The Morgan fingerprint density at radius 1 is 1.06 bits per heavy atom. The zero-order valence-electron chi connectivity index (χ0n) is 16.7. The number of methoxy groups -OCH3 is 1. The van der Waals surface area contributed by atoms with Crippen LogP contribution in [0.2, 0.25) is 0 Å². The van der Waals surface area contributed by atoms with Crippen LogP contribution in [0.5, 0.6) is 11.5 Å². The Kier molecular flexibility index (Phi) is 6.18. The normalized spacial score (nSPS) is 11.0. The second-order valence-electron chi connectivity index (χ2n) is 6.57. The summed E-state index contributed by atoms with van der Waals surface area (Å²) in [6.07, 6.45) is 1.65. The van der Waals surface area contributed by atoms with E-state index in [2.05, 4.69) is 15.3 Å². The number of aromatic amines is 1. The molecule has 0 aliphatic rings. The first-order valence-corrected chi connectivity index (χ1v) is 9.88. The van der Waals surface area contributed by atoms with Gasteiger partial charge in [-0.2, -0.15) is 14.9 Å². The van der Waals surface area contributed by atoms with Gasteiger partial charge in [-0.15, -0.1) is 0 Å². The van der Waals surface area contributed by atoms with Crippen LogP contribution < -0.4 is 9.47 Å². The Hall–Kier alpha value is -3.78. The number of nitrogens with one attached hydrogen (secondary N) is 1. The van der Waals surface area contributed by atoms with Gasteiger partial charge in [0.25, 0.3) is 0 Å². The molecule has 1 N–H and O–H groups in total. The summed E-state index contributed by atoms with van der Waals surface area (Å²) >= 11 is 5.30. The fraction of sp³-hybridized carbons (Fsp3) is 0.0870. The van der Waals surface area contributed by atoms with Crippen LogP contribution in [0.25, 0.3) is 11.4 Å². The zero-order valence-corrected chi connectivity index (χ0v) is 17.5. The second-order valence-corrected chi connectivity index (χ2v) is 6.95. The molecule has 0 unspecified atom stereocenters. The van der Waals surface area contributed by atoms with E-state index in [1.54, 1.807) is 48.3 Å². The zero-order chi connectivity index (χ0) is 21.6. The Morgan fingerprint density at radius 3 is 2.61 bits per heavy atom. The van der Waals surface area contributed by atoms with E-state index >= 15 is 0 Å². The molecule has 4 aromatic rings. The number of H-pyrrole nitrogens is 1. The summed E-state index contributed by atoms with van der Waals surface area (Å²) in [5, 5.41) is 11.5. The van der Waals surface area contributed by atoms with Crippen molar-refractivity contribution in [1.29, 1.82) is 0 Å². The van der Waals surface area contributed by atoms with Gasteiger partial charge in [-0.3, -0.25) is 0 Å². The number of hydrogen-bond acceptors (Lipinski definition) is 5. The molecule has 8 heteroatoms. The van der Waals surface area contributed by atoms with Crippen molar-refractivity contribution >= 4 is 18.4 Å². The van der Waals surface area contributed by atoms with Crippen molar-refractivity contribution in [2.45, 2.75) is 6.61 Å². The highest BCUT2D eigenvalue weighted by Gasteiger charge is 2.09. The Morgan fingerprint density at radius 2 is 1.84 bits per heavy atom. The average molecular weight is 434 g/mol. The molecule has 0 radical (unpaired) electrons. The number of hydrogen-bond donors (Lipinski definition) is 1. The van der Waals surface area contributed by atoms with Crippen molar-refractivity contribution in [1.82, 2.24) is 14.9 Å². The molecule has 6 nitrogen and oxygen atoms in total. The summed E-state index contributed by atoms with van der Waals surface area (Å²) in [7, 11) is 1.55. The molecule has 0 saturated carbocycles. The summed E-state index contributed by atoms with van der Waals surface area (Å²) in [4.78, 5) is 0. The summed E-state index contributed by atoms with van der Waals surface area (Å²) < 4.78 is 26.9. The number of halogens is 1. The molecule has 0 fully saturated rings. The third-order valence-corrected chi connectivity index (χ3v) is 4.80. The molecule has 0 atom stereocenters. The van der Waals surface area contributed by atoms with Crippen LogP contribution in [0, 0.1) is 10.6 Å².